The van der Waals surface area contributed by atoms with Crippen molar-refractivity contribution < 1.29 is 19.4 Å². The molecule has 5 nitrogen and oxygen atoms in total. The van der Waals surface area contributed by atoms with Gasteiger partial charge in [-0.15, -0.1) is 0 Å². The molecule has 0 atom stereocenters. The lowest BCUT2D eigenvalue weighted by molar-refractivity contribution is -0.157. The van der Waals surface area contributed by atoms with Gasteiger partial charge >= 0.3 is 5.97 Å². The number of hydrogen-bond acceptors (Lipinski definition) is 3. The van der Waals surface area contributed by atoms with Crippen LogP contribution in [0.1, 0.15) is 44.6 Å². The van der Waals surface area contributed by atoms with Crippen LogP contribution < -0.4 is 10.1 Å². The number of carbonyl (C=O) groups excluding carboxylic acids is 1. The summed E-state index contributed by atoms with van der Waals surface area (Å²) in [5.74, 6) is -0.240. The lowest BCUT2D eigenvalue weighted by Crippen LogP contribution is -2.42. The van der Waals surface area contributed by atoms with E-state index in [9.17, 15) is 14.7 Å². The summed E-state index contributed by atoms with van der Waals surface area (Å²) in [7, 11) is 0. The smallest absolute Gasteiger partial charge is 0.310 e. The van der Waals surface area contributed by atoms with Crippen molar-refractivity contribution in [3.8, 4) is 5.75 Å². The van der Waals surface area contributed by atoms with Crippen LogP contribution in [0.15, 0.2) is 24.3 Å². The number of carbonyl (C=O) groups is 2. The maximum Gasteiger partial charge on any atom is 0.310 e. The first-order valence-electron chi connectivity index (χ1n) is 7.77. The Balaban J connectivity index is 1.79. The number of carboxylic acids is 1. The minimum absolute atomic E-state index is 0.0695. The molecule has 2 rings (SSSR count). The van der Waals surface area contributed by atoms with Crippen LogP contribution in [0.5, 0.6) is 5.75 Å². The van der Waals surface area contributed by atoms with Gasteiger partial charge in [0.1, 0.15) is 5.75 Å². The van der Waals surface area contributed by atoms with Gasteiger partial charge in [-0.05, 0) is 37.0 Å². The Morgan fingerprint density at radius 2 is 1.95 bits per heavy atom. The fourth-order valence-electron chi connectivity index (χ4n) is 2.56. The number of nitrogens with one attached hydrogen (secondary N) is 1. The number of carboxylic acid groups (broad SMARTS) is 1. The van der Waals surface area contributed by atoms with Crippen molar-refractivity contribution >= 4 is 11.9 Å². The van der Waals surface area contributed by atoms with Crippen molar-refractivity contribution in [2.75, 3.05) is 6.61 Å². The Morgan fingerprint density at radius 3 is 2.45 bits per heavy atom. The molecule has 1 aliphatic rings. The second-order valence-electron chi connectivity index (χ2n) is 5.88. The van der Waals surface area contributed by atoms with Gasteiger partial charge in [-0.25, -0.2) is 0 Å². The van der Waals surface area contributed by atoms with E-state index < -0.39 is 11.4 Å². The van der Waals surface area contributed by atoms with Crippen LogP contribution in [0.4, 0.5) is 0 Å². The van der Waals surface area contributed by atoms with Crippen molar-refractivity contribution in [1.82, 2.24) is 5.32 Å². The molecule has 2 N–H and O–H groups in total. The highest BCUT2D eigenvalue weighted by molar-refractivity contribution is 5.85. The molecular weight excluding hydrogens is 282 g/mol. The molecular formula is C17H23NO4. The van der Waals surface area contributed by atoms with E-state index in [1.54, 1.807) is 0 Å². The van der Waals surface area contributed by atoms with Crippen LogP contribution in [-0.2, 0) is 16.1 Å². The molecule has 5 heteroatoms. The maximum atomic E-state index is 11.9. The molecule has 1 fully saturated rings. The van der Waals surface area contributed by atoms with E-state index in [-0.39, 0.29) is 12.3 Å². The van der Waals surface area contributed by atoms with Gasteiger partial charge in [-0.1, -0.05) is 25.5 Å². The maximum absolute atomic E-state index is 11.9. The summed E-state index contributed by atoms with van der Waals surface area (Å²) in [6, 6.07) is 7.56. The molecule has 0 heterocycles. The Labute approximate surface area is 130 Å². The number of hydrogen-bond donors (Lipinski definition) is 2. The van der Waals surface area contributed by atoms with Crippen molar-refractivity contribution in [2.45, 2.75) is 45.6 Å². The summed E-state index contributed by atoms with van der Waals surface area (Å²) in [4.78, 5) is 23.2. The second-order valence-corrected chi connectivity index (χ2v) is 5.88. The fraction of sp³-hybridized carbons (Fsp3) is 0.529. The number of benzene rings is 1. The zero-order chi connectivity index (χ0) is 16.0. The largest absolute Gasteiger partial charge is 0.494 e. The minimum Gasteiger partial charge on any atom is -0.494 e. The van der Waals surface area contributed by atoms with E-state index in [0.29, 0.717) is 26.0 Å². The van der Waals surface area contributed by atoms with Gasteiger partial charge in [0, 0.05) is 13.0 Å². The second kappa shape index (κ2) is 7.29. The average molecular weight is 305 g/mol. The standard InChI is InChI=1S/C17H23NO4/c1-2-10-22-14-6-4-13(5-7-14)12-18-15(19)11-17(16(20)21)8-3-9-17/h4-7H,2-3,8-12H2,1H3,(H,18,19)(H,20,21). The predicted molar refractivity (Wildman–Crippen MR) is 82.6 cm³/mol. The first-order chi connectivity index (χ1) is 10.6. The third kappa shape index (κ3) is 4.00. The minimum atomic E-state index is -0.855. The van der Waals surface area contributed by atoms with E-state index in [1.807, 2.05) is 24.3 Å². The van der Waals surface area contributed by atoms with Gasteiger partial charge in [-0.3, -0.25) is 9.59 Å². The fourth-order valence-corrected chi connectivity index (χ4v) is 2.56. The number of aliphatic carboxylic acids is 1. The lowest BCUT2D eigenvalue weighted by atomic mass is 9.66. The van der Waals surface area contributed by atoms with Crippen molar-refractivity contribution in [1.29, 1.82) is 0 Å². The molecule has 0 saturated heterocycles. The SMILES string of the molecule is CCCOc1ccc(CNC(=O)CC2(C(=O)O)CCC2)cc1. The molecule has 0 spiro atoms. The molecule has 1 aromatic rings. The predicted octanol–water partition coefficient (Wildman–Crippen LogP) is 2.74. The Bertz CT molecular complexity index is 520. The third-order valence-electron chi connectivity index (χ3n) is 4.15. The zero-order valence-corrected chi connectivity index (χ0v) is 12.9. The molecule has 0 aliphatic heterocycles. The van der Waals surface area contributed by atoms with E-state index in [0.717, 1.165) is 24.2 Å². The van der Waals surface area contributed by atoms with Gasteiger partial charge in [0.25, 0.3) is 0 Å². The quantitative estimate of drug-likeness (QED) is 0.774. The normalized spacial score (nSPS) is 15.7. The highest BCUT2D eigenvalue weighted by Gasteiger charge is 2.45. The summed E-state index contributed by atoms with van der Waals surface area (Å²) in [6.45, 7) is 3.14. The molecule has 120 valence electrons. The van der Waals surface area contributed by atoms with E-state index in [4.69, 9.17) is 4.74 Å². The van der Waals surface area contributed by atoms with Crippen LogP contribution in [0.3, 0.4) is 0 Å². The summed E-state index contributed by atoms with van der Waals surface area (Å²) < 4.78 is 5.50. The summed E-state index contributed by atoms with van der Waals surface area (Å²) in [5.41, 5.74) is 0.136. The van der Waals surface area contributed by atoms with Gasteiger partial charge in [0.2, 0.25) is 5.91 Å². The number of rotatable bonds is 8. The lowest BCUT2D eigenvalue weighted by Gasteiger charge is -2.36. The zero-order valence-electron chi connectivity index (χ0n) is 12.9. The molecule has 0 radical (unpaired) electrons. The van der Waals surface area contributed by atoms with E-state index in [2.05, 4.69) is 12.2 Å². The molecule has 0 bridgehead atoms. The molecule has 0 aromatic heterocycles. The molecule has 0 unspecified atom stereocenters. The molecule has 1 amide bonds. The first-order valence-corrected chi connectivity index (χ1v) is 7.77. The van der Waals surface area contributed by atoms with Crippen molar-refractivity contribution in [3.63, 3.8) is 0 Å². The van der Waals surface area contributed by atoms with Crippen LogP contribution in [0.2, 0.25) is 0 Å². The summed E-state index contributed by atoms with van der Waals surface area (Å²) in [6.07, 6.45) is 3.11. The molecule has 1 aromatic carbocycles. The number of amides is 1. The Hall–Kier alpha value is -2.04. The molecule has 1 saturated carbocycles. The molecule has 22 heavy (non-hydrogen) atoms. The summed E-state index contributed by atoms with van der Waals surface area (Å²) >= 11 is 0. The van der Waals surface area contributed by atoms with Crippen LogP contribution in [0, 0.1) is 5.41 Å². The number of ether oxygens (including phenoxy) is 1. The highest BCUT2D eigenvalue weighted by atomic mass is 16.5. The van der Waals surface area contributed by atoms with E-state index >= 15 is 0 Å². The molecule has 1 aliphatic carbocycles. The van der Waals surface area contributed by atoms with E-state index in [1.165, 1.54) is 0 Å². The van der Waals surface area contributed by atoms with Gasteiger partial charge in [0.05, 0.1) is 12.0 Å². The first kappa shape index (κ1) is 16.3. The average Bonchev–Trinajstić information content (AvgIpc) is 2.47. The van der Waals surface area contributed by atoms with Gasteiger partial charge in [0.15, 0.2) is 0 Å². The van der Waals surface area contributed by atoms with Crippen LogP contribution in [-0.4, -0.2) is 23.6 Å². The summed E-state index contributed by atoms with van der Waals surface area (Å²) in [5, 5.41) is 12.0. The van der Waals surface area contributed by atoms with Crippen LogP contribution in [0.25, 0.3) is 0 Å². The third-order valence-corrected chi connectivity index (χ3v) is 4.15. The highest BCUT2D eigenvalue weighted by Crippen LogP contribution is 2.44. The topological polar surface area (TPSA) is 75.6 Å². The van der Waals surface area contributed by atoms with Gasteiger partial charge < -0.3 is 15.2 Å². The monoisotopic (exact) mass is 305 g/mol. The van der Waals surface area contributed by atoms with Gasteiger partial charge in [-0.2, -0.15) is 0 Å². The van der Waals surface area contributed by atoms with Crippen molar-refractivity contribution in [3.05, 3.63) is 29.8 Å². The Kier molecular flexibility index (Phi) is 5.41. The van der Waals surface area contributed by atoms with Crippen LogP contribution >= 0.6 is 0 Å². The van der Waals surface area contributed by atoms with Crippen molar-refractivity contribution in [2.24, 2.45) is 5.41 Å². The Morgan fingerprint density at radius 1 is 1.27 bits per heavy atom.